The van der Waals surface area contributed by atoms with Crippen LogP contribution in [0, 0.1) is 18.3 Å². The normalized spacial score (nSPS) is 11.1. The van der Waals surface area contributed by atoms with Gasteiger partial charge in [0.1, 0.15) is 17.0 Å². The molecule has 0 unspecified atom stereocenters. The Labute approximate surface area is 157 Å². The molecule has 0 aliphatic carbocycles. The molecule has 0 atom stereocenters. The van der Waals surface area contributed by atoms with E-state index in [1.807, 2.05) is 0 Å². The van der Waals surface area contributed by atoms with Crippen molar-refractivity contribution >= 4 is 16.5 Å². The van der Waals surface area contributed by atoms with E-state index in [4.69, 9.17) is 4.74 Å². The summed E-state index contributed by atoms with van der Waals surface area (Å²) in [6.45, 7) is 1.92. The monoisotopic (exact) mass is 390 g/mol. The number of hydrogen-bond donors (Lipinski definition) is 1. The Kier molecular flexibility index (Phi) is 5.28. The maximum absolute atomic E-state index is 12.9. The molecule has 0 aliphatic heterocycles. The number of nitrogens with one attached hydrogen (secondary N) is 1. The van der Waals surface area contributed by atoms with E-state index in [0.717, 1.165) is 12.1 Å². The van der Waals surface area contributed by atoms with Crippen LogP contribution in [0.1, 0.15) is 22.3 Å². The Morgan fingerprint density at radius 3 is 2.67 bits per heavy atom. The van der Waals surface area contributed by atoms with Crippen molar-refractivity contribution < 1.29 is 17.9 Å². The molecule has 0 aliphatic rings. The van der Waals surface area contributed by atoms with E-state index in [-0.39, 0.29) is 11.5 Å². The first kappa shape index (κ1) is 18.7. The third-order valence-electron chi connectivity index (χ3n) is 3.61. The summed E-state index contributed by atoms with van der Waals surface area (Å²) >= 11 is 1.33. The summed E-state index contributed by atoms with van der Waals surface area (Å²) in [5, 5.41) is 20.6. The minimum Gasteiger partial charge on any atom is -0.457 e. The lowest BCUT2D eigenvalue weighted by molar-refractivity contribution is -0.137. The highest BCUT2D eigenvalue weighted by Gasteiger charge is 2.31. The third kappa shape index (κ3) is 4.74. The zero-order chi connectivity index (χ0) is 19.4. The maximum atomic E-state index is 12.9. The summed E-state index contributed by atoms with van der Waals surface area (Å²) in [7, 11) is 0. The van der Waals surface area contributed by atoms with E-state index in [1.165, 1.54) is 23.5 Å². The van der Waals surface area contributed by atoms with Crippen LogP contribution in [0.3, 0.4) is 0 Å². The second-order valence-electron chi connectivity index (χ2n) is 5.66. The topological polar surface area (TPSA) is 70.8 Å². The number of hydrogen-bond acceptors (Lipinski definition) is 6. The van der Waals surface area contributed by atoms with Gasteiger partial charge in [0, 0.05) is 6.54 Å². The molecule has 0 saturated heterocycles. The number of nitriles is 1. The van der Waals surface area contributed by atoms with Crippen LogP contribution >= 0.6 is 11.3 Å². The van der Waals surface area contributed by atoms with Gasteiger partial charge in [0.05, 0.1) is 17.2 Å². The van der Waals surface area contributed by atoms with Gasteiger partial charge in [-0.2, -0.15) is 18.4 Å². The number of aryl methyl sites for hydroxylation is 1. The Bertz CT molecular complexity index is 981. The second-order valence-corrected chi connectivity index (χ2v) is 6.50. The van der Waals surface area contributed by atoms with Crippen LogP contribution in [0.25, 0.3) is 0 Å². The molecule has 138 valence electrons. The smallest absolute Gasteiger partial charge is 0.416 e. The first-order valence-electron chi connectivity index (χ1n) is 7.75. The Morgan fingerprint density at radius 2 is 2.00 bits per heavy atom. The number of rotatable bonds is 5. The van der Waals surface area contributed by atoms with Gasteiger partial charge in [-0.25, -0.2) is 0 Å². The predicted octanol–water partition coefficient (Wildman–Crippen LogP) is 5.14. The number of benzene rings is 2. The lowest BCUT2D eigenvalue weighted by Crippen LogP contribution is -2.05. The lowest BCUT2D eigenvalue weighted by Gasteiger charge is -2.13. The molecule has 3 aromatic rings. The quantitative estimate of drug-likeness (QED) is 0.653. The van der Waals surface area contributed by atoms with Crippen LogP contribution in [0.15, 0.2) is 41.9 Å². The van der Waals surface area contributed by atoms with Crippen LogP contribution in [0.2, 0.25) is 0 Å². The van der Waals surface area contributed by atoms with Gasteiger partial charge in [-0.1, -0.05) is 17.4 Å². The van der Waals surface area contributed by atoms with Gasteiger partial charge in [-0.15, -0.1) is 10.2 Å². The van der Waals surface area contributed by atoms with Crippen LogP contribution in [0.4, 0.5) is 18.3 Å². The molecule has 1 aromatic heterocycles. The summed E-state index contributed by atoms with van der Waals surface area (Å²) in [4.78, 5) is 0. The minimum absolute atomic E-state index is 0.0611. The van der Waals surface area contributed by atoms with Crippen molar-refractivity contribution in [2.45, 2.75) is 19.6 Å². The molecule has 1 N–H and O–H groups in total. The number of alkyl halides is 3. The van der Waals surface area contributed by atoms with Gasteiger partial charge in [0.2, 0.25) is 5.13 Å². The largest absolute Gasteiger partial charge is 0.457 e. The van der Waals surface area contributed by atoms with E-state index in [9.17, 15) is 18.4 Å². The fourth-order valence-corrected chi connectivity index (χ4v) is 2.85. The van der Waals surface area contributed by atoms with Crippen molar-refractivity contribution in [1.29, 1.82) is 5.26 Å². The third-order valence-corrected chi connectivity index (χ3v) is 4.25. The average molecular weight is 390 g/mol. The standard InChI is InChI=1S/C18H13F3N4OS/c1-11-4-14(18(19,20)21)7-16(5-11)26-15-3-2-12(13(6-15)8-22)9-23-17-25-24-10-27-17/h2-7,10H,9H2,1H3,(H,23,25). The molecule has 0 spiro atoms. The van der Waals surface area contributed by atoms with E-state index in [0.29, 0.717) is 28.4 Å². The molecule has 0 radical (unpaired) electrons. The molecule has 0 amide bonds. The van der Waals surface area contributed by atoms with Gasteiger partial charge in [0.25, 0.3) is 0 Å². The van der Waals surface area contributed by atoms with Gasteiger partial charge in [-0.3, -0.25) is 0 Å². The van der Waals surface area contributed by atoms with Crippen molar-refractivity contribution in [3.8, 4) is 17.6 Å². The summed E-state index contributed by atoms with van der Waals surface area (Å²) in [5.41, 5.74) is 2.30. The van der Waals surface area contributed by atoms with Crippen molar-refractivity contribution in [2.75, 3.05) is 5.32 Å². The second kappa shape index (κ2) is 7.63. The fraction of sp³-hybridized carbons (Fsp3) is 0.167. The Balaban J connectivity index is 1.80. The highest BCUT2D eigenvalue weighted by molar-refractivity contribution is 7.13. The van der Waals surface area contributed by atoms with Crippen molar-refractivity contribution in [3.05, 3.63) is 64.2 Å². The molecular formula is C18H13F3N4OS. The Hall–Kier alpha value is -3.12. The van der Waals surface area contributed by atoms with Crippen molar-refractivity contribution in [2.24, 2.45) is 0 Å². The van der Waals surface area contributed by atoms with Crippen LogP contribution < -0.4 is 10.1 Å². The van der Waals surface area contributed by atoms with Crippen molar-refractivity contribution in [3.63, 3.8) is 0 Å². The molecule has 9 heteroatoms. The molecule has 5 nitrogen and oxygen atoms in total. The summed E-state index contributed by atoms with van der Waals surface area (Å²) in [5.74, 6) is 0.343. The van der Waals surface area contributed by atoms with E-state index >= 15 is 0 Å². The number of ether oxygens (including phenoxy) is 1. The number of aromatic nitrogens is 2. The van der Waals surface area contributed by atoms with Gasteiger partial charge < -0.3 is 10.1 Å². The highest BCUT2D eigenvalue weighted by atomic mass is 32.1. The number of anilines is 1. The zero-order valence-corrected chi connectivity index (χ0v) is 14.9. The predicted molar refractivity (Wildman–Crippen MR) is 94.6 cm³/mol. The minimum atomic E-state index is -4.46. The molecule has 0 saturated carbocycles. The molecule has 3 rings (SSSR count). The average Bonchev–Trinajstić information content (AvgIpc) is 3.12. The maximum Gasteiger partial charge on any atom is 0.416 e. The van der Waals surface area contributed by atoms with Crippen LogP contribution in [0.5, 0.6) is 11.5 Å². The van der Waals surface area contributed by atoms with E-state index in [2.05, 4.69) is 21.6 Å². The highest BCUT2D eigenvalue weighted by Crippen LogP contribution is 2.34. The molecule has 0 fully saturated rings. The Morgan fingerprint density at radius 1 is 1.19 bits per heavy atom. The first-order chi connectivity index (χ1) is 12.8. The summed E-state index contributed by atoms with van der Waals surface area (Å²) in [6.07, 6.45) is -4.46. The number of halogens is 3. The molecule has 1 heterocycles. The SMILES string of the molecule is Cc1cc(Oc2ccc(CNc3nncs3)c(C#N)c2)cc(C(F)(F)F)c1. The molecule has 2 aromatic carbocycles. The van der Waals surface area contributed by atoms with Gasteiger partial charge >= 0.3 is 6.18 Å². The molecule has 0 bridgehead atoms. The lowest BCUT2D eigenvalue weighted by atomic mass is 10.1. The molecular weight excluding hydrogens is 377 g/mol. The van der Waals surface area contributed by atoms with Gasteiger partial charge in [0.15, 0.2) is 0 Å². The van der Waals surface area contributed by atoms with Crippen molar-refractivity contribution in [1.82, 2.24) is 10.2 Å². The first-order valence-corrected chi connectivity index (χ1v) is 8.63. The van der Waals surface area contributed by atoms with Gasteiger partial charge in [-0.05, 0) is 48.4 Å². The summed E-state index contributed by atoms with van der Waals surface area (Å²) in [6, 6.07) is 10.3. The summed E-state index contributed by atoms with van der Waals surface area (Å²) < 4.78 is 44.4. The number of nitrogens with zero attached hydrogens (tertiary/aromatic N) is 3. The van der Waals surface area contributed by atoms with Crippen LogP contribution in [-0.4, -0.2) is 10.2 Å². The van der Waals surface area contributed by atoms with E-state index in [1.54, 1.807) is 24.6 Å². The zero-order valence-electron chi connectivity index (χ0n) is 14.0. The molecule has 27 heavy (non-hydrogen) atoms. The van der Waals surface area contributed by atoms with E-state index < -0.39 is 11.7 Å². The van der Waals surface area contributed by atoms with Crippen LogP contribution in [-0.2, 0) is 12.7 Å². The fourth-order valence-electron chi connectivity index (χ4n) is 2.40.